The molecular weight excluding hydrogens is 256 g/mol. The number of hydrogen-bond acceptors (Lipinski definition) is 3. The monoisotopic (exact) mass is 274 g/mol. The largest absolute Gasteiger partial charge is 0.480 e. The fourth-order valence-electron chi connectivity index (χ4n) is 1.75. The molecule has 3 atom stereocenters. The van der Waals surface area contributed by atoms with Gasteiger partial charge in [-0.1, -0.05) is 37.3 Å². The summed E-state index contributed by atoms with van der Waals surface area (Å²) in [4.78, 5) is 23.0. The van der Waals surface area contributed by atoms with Gasteiger partial charge in [-0.3, -0.25) is 4.79 Å². The summed E-state index contributed by atoms with van der Waals surface area (Å²) in [6, 6.07) is 7.58. The van der Waals surface area contributed by atoms with E-state index in [2.05, 4.69) is 11.2 Å². The molecule has 0 fully saturated rings. The van der Waals surface area contributed by atoms with Crippen LogP contribution in [0.5, 0.6) is 0 Å². The smallest absolute Gasteiger partial charge is 0.327 e. The first-order valence-corrected chi connectivity index (χ1v) is 6.24. The van der Waals surface area contributed by atoms with Gasteiger partial charge in [-0.2, -0.15) is 0 Å². The number of terminal acetylenes is 1. The van der Waals surface area contributed by atoms with Crippen LogP contribution >= 0.6 is 0 Å². The lowest BCUT2D eigenvalue weighted by Crippen LogP contribution is -2.45. The van der Waals surface area contributed by atoms with Crippen molar-refractivity contribution in [2.45, 2.75) is 25.4 Å². The third-order valence-electron chi connectivity index (χ3n) is 3.07. The minimum absolute atomic E-state index is 0.0611. The molecule has 1 rings (SSSR count). The van der Waals surface area contributed by atoms with E-state index < -0.39 is 29.9 Å². The number of benzene rings is 1. The molecule has 0 aliphatic rings. The van der Waals surface area contributed by atoms with Gasteiger partial charge in [-0.15, -0.1) is 12.3 Å². The van der Waals surface area contributed by atoms with Crippen LogP contribution in [0.1, 0.15) is 24.9 Å². The van der Waals surface area contributed by atoms with Crippen molar-refractivity contribution < 1.29 is 14.7 Å². The molecule has 0 radical (unpaired) electrons. The molecule has 0 spiro atoms. The number of carboxylic acids is 1. The third-order valence-corrected chi connectivity index (χ3v) is 3.07. The van der Waals surface area contributed by atoms with E-state index in [0.717, 1.165) is 5.56 Å². The highest BCUT2D eigenvalue weighted by molar-refractivity contribution is 5.85. The SMILES string of the molecule is C#CCC(NC(=O)C(C)C(N)c1ccccc1)C(=O)O. The minimum atomic E-state index is -1.16. The van der Waals surface area contributed by atoms with Gasteiger partial charge >= 0.3 is 5.97 Å². The van der Waals surface area contributed by atoms with Crippen molar-refractivity contribution in [2.24, 2.45) is 11.7 Å². The topological polar surface area (TPSA) is 92.4 Å². The first-order chi connectivity index (χ1) is 9.47. The number of carbonyl (C=O) groups excluding carboxylic acids is 1. The molecular formula is C15H18N2O3. The van der Waals surface area contributed by atoms with Crippen LogP contribution in [0.3, 0.4) is 0 Å². The van der Waals surface area contributed by atoms with Crippen LogP contribution in [0.2, 0.25) is 0 Å². The number of nitrogens with two attached hydrogens (primary N) is 1. The molecule has 5 nitrogen and oxygen atoms in total. The van der Waals surface area contributed by atoms with Gasteiger partial charge in [-0.25, -0.2) is 4.79 Å². The Hall–Kier alpha value is -2.32. The van der Waals surface area contributed by atoms with E-state index in [1.807, 2.05) is 30.3 Å². The van der Waals surface area contributed by atoms with Gasteiger partial charge in [0.1, 0.15) is 6.04 Å². The Morgan fingerprint density at radius 3 is 2.50 bits per heavy atom. The third kappa shape index (κ3) is 4.11. The normalized spacial score (nSPS) is 14.7. The van der Waals surface area contributed by atoms with Gasteiger partial charge in [0.25, 0.3) is 0 Å². The lowest BCUT2D eigenvalue weighted by molar-refractivity contribution is -0.142. The first kappa shape index (κ1) is 15.7. The summed E-state index contributed by atoms with van der Waals surface area (Å²) < 4.78 is 0. The molecule has 20 heavy (non-hydrogen) atoms. The van der Waals surface area contributed by atoms with Gasteiger partial charge < -0.3 is 16.2 Å². The van der Waals surface area contributed by atoms with Crippen molar-refractivity contribution in [1.82, 2.24) is 5.32 Å². The second kappa shape index (κ2) is 7.31. The van der Waals surface area contributed by atoms with Crippen molar-refractivity contribution in [1.29, 1.82) is 0 Å². The Morgan fingerprint density at radius 1 is 1.40 bits per heavy atom. The molecule has 4 N–H and O–H groups in total. The lowest BCUT2D eigenvalue weighted by Gasteiger charge is -2.21. The van der Waals surface area contributed by atoms with Crippen molar-refractivity contribution >= 4 is 11.9 Å². The zero-order valence-electron chi connectivity index (χ0n) is 11.2. The van der Waals surface area contributed by atoms with Crippen LogP contribution in [0, 0.1) is 18.3 Å². The Morgan fingerprint density at radius 2 is 2.00 bits per heavy atom. The molecule has 1 amide bonds. The molecule has 0 aliphatic carbocycles. The number of hydrogen-bond donors (Lipinski definition) is 3. The van der Waals surface area contributed by atoms with Crippen molar-refractivity contribution in [3.05, 3.63) is 35.9 Å². The fraction of sp³-hybridized carbons (Fsp3) is 0.333. The molecule has 0 heterocycles. The highest BCUT2D eigenvalue weighted by Crippen LogP contribution is 2.19. The molecule has 0 bridgehead atoms. The average molecular weight is 274 g/mol. The van der Waals surface area contributed by atoms with E-state index >= 15 is 0 Å². The first-order valence-electron chi connectivity index (χ1n) is 6.24. The average Bonchev–Trinajstić information content (AvgIpc) is 2.45. The van der Waals surface area contributed by atoms with Gasteiger partial charge in [-0.05, 0) is 5.56 Å². The molecule has 0 aromatic heterocycles. The summed E-state index contributed by atoms with van der Waals surface area (Å²) in [7, 11) is 0. The summed E-state index contributed by atoms with van der Waals surface area (Å²) >= 11 is 0. The quantitative estimate of drug-likeness (QED) is 0.672. The van der Waals surface area contributed by atoms with Gasteiger partial charge in [0.2, 0.25) is 5.91 Å². The summed E-state index contributed by atoms with van der Waals surface area (Å²) in [5.74, 6) is 0.0866. The Bertz CT molecular complexity index is 508. The lowest BCUT2D eigenvalue weighted by atomic mass is 9.94. The van der Waals surface area contributed by atoms with Crippen LogP contribution in [0.25, 0.3) is 0 Å². The Kier molecular flexibility index (Phi) is 5.75. The minimum Gasteiger partial charge on any atom is -0.480 e. The maximum absolute atomic E-state index is 12.0. The van der Waals surface area contributed by atoms with Crippen LogP contribution < -0.4 is 11.1 Å². The van der Waals surface area contributed by atoms with E-state index in [1.54, 1.807) is 6.92 Å². The van der Waals surface area contributed by atoms with Gasteiger partial charge in [0.05, 0.1) is 5.92 Å². The Balaban J connectivity index is 2.72. The van der Waals surface area contributed by atoms with Crippen molar-refractivity contribution in [2.75, 3.05) is 0 Å². The summed E-state index contributed by atoms with van der Waals surface area (Å²) in [6.45, 7) is 1.65. The molecule has 0 saturated carbocycles. The number of amides is 1. The molecule has 0 aliphatic heterocycles. The summed E-state index contributed by atoms with van der Waals surface area (Å²) in [5.41, 5.74) is 6.84. The second-order valence-electron chi connectivity index (χ2n) is 4.53. The molecule has 106 valence electrons. The number of carboxylic acid groups (broad SMARTS) is 1. The number of aliphatic carboxylic acids is 1. The van der Waals surface area contributed by atoms with Gasteiger partial charge in [0, 0.05) is 12.5 Å². The second-order valence-corrected chi connectivity index (χ2v) is 4.53. The summed E-state index contributed by atoms with van der Waals surface area (Å²) in [5, 5.41) is 11.4. The predicted octanol–water partition coefficient (Wildman–Crippen LogP) is 0.915. The van der Waals surface area contributed by atoms with E-state index in [0.29, 0.717) is 0 Å². The van der Waals surface area contributed by atoms with E-state index in [-0.39, 0.29) is 6.42 Å². The number of carbonyl (C=O) groups is 2. The standard InChI is InChI=1S/C15H18N2O3/c1-3-7-12(15(19)20)17-14(18)10(2)13(16)11-8-5-4-6-9-11/h1,4-6,8-10,12-13H,7,16H2,2H3,(H,17,18)(H,19,20). The van der Waals surface area contributed by atoms with E-state index in [9.17, 15) is 9.59 Å². The maximum atomic E-state index is 12.0. The molecule has 3 unspecified atom stereocenters. The van der Waals surface area contributed by atoms with Crippen LogP contribution in [-0.2, 0) is 9.59 Å². The van der Waals surface area contributed by atoms with Crippen LogP contribution in [-0.4, -0.2) is 23.0 Å². The van der Waals surface area contributed by atoms with Crippen LogP contribution in [0.4, 0.5) is 0 Å². The molecule has 5 heteroatoms. The number of nitrogens with one attached hydrogen (secondary N) is 1. The zero-order chi connectivity index (χ0) is 15.1. The molecule has 1 aromatic carbocycles. The van der Waals surface area contributed by atoms with E-state index in [1.165, 1.54) is 0 Å². The highest BCUT2D eigenvalue weighted by atomic mass is 16.4. The van der Waals surface area contributed by atoms with Crippen molar-refractivity contribution in [3.8, 4) is 12.3 Å². The molecule has 0 saturated heterocycles. The van der Waals surface area contributed by atoms with Crippen LogP contribution in [0.15, 0.2) is 30.3 Å². The van der Waals surface area contributed by atoms with E-state index in [4.69, 9.17) is 17.3 Å². The predicted molar refractivity (Wildman–Crippen MR) is 75.6 cm³/mol. The highest BCUT2D eigenvalue weighted by Gasteiger charge is 2.26. The van der Waals surface area contributed by atoms with Gasteiger partial charge in [0.15, 0.2) is 0 Å². The Labute approximate surface area is 118 Å². The van der Waals surface area contributed by atoms with Crippen molar-refractivity contribution in [3.63, 3.8) is 0 Å². The molecule has 1 aromatic rings. The maximum Gasteiger partial charge on any atom is 0.327 e. The number of rotatable bonds is 6. The fourth-order valence-corrected chi connectivity index (χ4v) is 1.75. The zero-order valence-corrected chi connectivity index (χ0v) is 11.2. The summed E-state index contributed by atoms with van der Waals surface area (Å²) in [6.07, 6.45) is 5.02.